The number of nitriles is 1. The number of nitrogens with zero attached hydrogens (tertiary/aromatic N) is 3. The molecule has 2 heterocycles. The second kappa shape index (κ2) is 8.62. The third-order valence-electron chi connectivity index (χ3n) is 4.86. The number of rotatable bonds is 5. The van der Waals surface area contributed by atoms with E-state index in [1.807, 2.05) is 50.2 Å². The number of thioether (sulfide) groups is 1. The molecule has 0 radical (unpaired) electrons. The molecule has 1 aliphatic heterocycles. The number of aromatic nitrogens is 1. The maximum absolute atomic E-state index is 13.0. The Morgan fingerprint density at radius 3 is 2.42 bits per heavy atom. The van der Waals surface area contributed by atoms with Gasteiger partial charge in [-0.25, -0.2) is 9.88 Å². The summed E-state index contributed by atoms with van der Waals surface area (Å²) in [6.45, 7) is 3.68. The van der Waals surface area contributed by atoms with Crippen LogP contribution in [-0.2, 0) is 9.59 Å². The van der Waals surface area contributed by atoms with Crippen molar-refractivity contribution in [2.24, 2.45) is 0 Å². The highest BCUT2D eigenvalue weighted by Crippen LogP contribution is 2.36. The third-order valence-corrected chi connectivity index (χ3v) is 6.03. The van der Waals surface area contributed by atoms with E-state index in [0.29, 0.717) is 27.8 Å². The van der Waals surface area contributed by atoms with Crippen LogP contribution in [0.25, 0.3) is 0 Å². The van der Waals surface area contributed by atoms with Crippen LogP contribution < -0.4 is 9.64 Å². The fourth-order valence-electron chi connectivity index (χ4n) is 3.41. The van der Waals surface area contributed by atoms with Gasteiger partial charge in [0.1, 0.15) is 22.6 Å². The van der Waals surface area contributed by atoms with Crippen LogP contribution in [-0.4, -0.2) is 22.0 Å². The minimum atomic E-state index is -0.617. The highest BCUT2D eigenvalue weighted by Gasteiger charge is 2.40. The molecule has 4 rings (SSSR count). The summed E-state index contributed by atoms with van der Waals surface area (Å²) in [6.07, 6.45) is 0.0608. The van der Waals surface area contributed by atoms with Crippen LogP contribution in [0, 0.1) is 25.2 Å². The average Bonchev–Trinajstić information content (AvgIpc) is 3.02. The molecule has 31 heavy (non-hydrogen) atoms. The Kier molecular flexibility index (Phi) is 5.74. The third kappa shape index (κ3) is 4.30. The summed E-state index contributed by atoms with van der Waals surface area (Å²) in [5.74, 6) is 0.728. The highest BCUT2D eigenvalue weighted by molar-refractivity contribution is 8.00. The largest absolute Gasteiger partial charge is 0.457 e. The van der Waals surface area contributed by atoms with E-state index >= 15 is 0 Å². The molecule has 1 aromatic heterocycles. The fraction of sp³-hybridized carbons (Fsp3) is 0.167. The van der Waals surface area contributed by atoms with Gasteiger partial charge in [-0.1, -0.05) is 30.0 Å². The zero-order chi connectivity index (χ0) is 22.0. The van der Waals surface area contributed by atoms with E-state index in [0.717, 1.165) is 11.3 Å². The Bertz CT molecular complexity index is 1190. The molecule has 0 aliphatic carbocycles. The molecule has 1 unspecified atom stereocenters. The summed E-state index contributed by atoms with van der Waals surface area (Å²) in [5.41, 5.74) is 2.51. The van der Waals surface area contributed by atoms with Gasteiger partial charge in [0.25, 0.3) is 0 Å². The van der Waals surface area contributed by atoms with E-state index in [9.17, 15) is 14.9 Å². The Labute approximate surface area is 184 Å². The summed E-state index contributed by atoms with van der Waals surface area (Å²) < 4.78 is 5.77. The Morgan fingerprint density at radius 1 is 1.06 bits per heavy atom. The molecule has 0 bridgehead atoms. The SMILES string of the molecule is Cc1cc(C)c(C#N)c(SC2CC(=O)N(c3ccc(Oc4ccccc4)cc3)C2=O)n1. The second-order valence-electron chi connectivity index (χ2n) is 7.16. The molecule has 6 nitrogen and oxygen atoms in total. The average molecular weight is 430 g/mol. The number of ether oxygens (including phenoxy) is 1. The molecule has 1 fully saturated rings. The second-order valence-corrected chi connectivity index (χ2v) is 8.35. The van der Waals surface area contributed by atoms with Crippen LogP contribution in [0.4, 0.5) is 5.69 Å². The normalized spacial score (nSPS) is 15.8. The van der Waals surface area contributed by atoms with Crippen molar-refractivity contribution in [1.29, 1.82) is 5.26 Å². The lowest BCUT2D eigenvalue weighted by Crippen LogP contribution is -2.31. The van der Waals surface area contributed by atoms with Crippen molar-refractivity contribution in [3.8, 4) is 17.6 Å². The molecular formula is C24H19N3O3S. The molecule has 2 aromatic carbocycles. The van der Waals surface area contributed by atoms with Gasteiger partial charge in [-0.05, 0) is 61.9 Å². The van der Waals surface area contributed by atoms with Crippen molar-refractivity contribution in [3.05, 3.63) is 77.5 Å². The Morgan fingerprint density at radius 2 is 1.74 bits per heavy atom. The molecule has 1 aliphatic rings. The maximum atomic E-state index is 13.0. The number of benzene rings is 2. The molecule has 7 heteroatoms. The molecule has 0 spiro atoms. The Balaban J connectivity index is 1.52. The van der Waals surface area contributed by atoms with Gasteiger partial charge in [0.05, 0.1) is 16.5 Å². The minimum absolute atomic E-state index is 0.0608. The van der Waals surface area contributed by atoms with Gasteiger partial charge >= 0.3 is 0 Å². The van der Waals surface area contributed by atoms with Crippen LogP contribution in [0.15, 0.2) is 65.7 Å². The molecule has 1 saturated heterocycles. The first-order valence-corrected chi connectivity index (χ1v) is 10.6. The van der Waals surface area contributed by atoms with Crippen LogP contribution in [0.5, 0.6) is 11.5 Å². The number of carbonyl (C=O) groups excluding carboxylic acids is 2. The lowest BCUT2D eigenvalue weighted by atomic mass is 10.1. The van der Waals surface area contributed by atoms with Crippen molar-refractivity contribution in [3.63, 3.8) is 0 Å². The summed E-state index contributed by atoms with van der Waals surface area (Å²) in [6, 6.07) is 20.2. The number of para-hydroxylation sites is 1. The quantitative estimate of drug-likeness (QED) is 0.543. The number of anilines is 1. The van der Waals surface area contributed by atoms with E-state index in [4.69, 9.17) is 4.74 Å². The van der Waals surface area contributed by atoms with Crippen molar-refractivity contribution in [2.75, 3.05) is 4.90 Å². The molecular weight excluding hydrogens is 410 g/mol. The maximum Gasteiger partial charge on any atom is 0.247 e. The number of carbonyl (C=O) groups is 2. The van der Waals surface area contributed by atoms with Crippen molar-refractivity contribution < 1.29 is 14.3 Å². The van der Waals surface area contributed by atoms with E-state index in [2.05, 4.69) is 11.1 Å². The van der Waals surface area contributed by atoms with Crippen LogP contribution in [0.2, 0.25) is 0 Å². The van der Waals surface area contributed by atoms with Gasteiger partial charge in [-0.15, -0.1) is 0 Å². The van der Waals surface area contributed by atoms with Crippen molar-refractivity contribution in [2.45, 2.75) is 30.5 Å². The van der Waals surface area contributed by atoms with E-state index in [-0.39, 0.29) is 18.2 Å². The number of pyridine rings is 1. The number of aryl methyl sites for hydroxylation is 2. The summed E-state index contributed by atoms with van der Waals surface area (Å²) in [5, 5.41) is 9.33. The minimum Gasteiger partial charge on any atom is -0.457 e. The number of amides is 2. The summed E-state index contributed by atoms with van der Waals surface area (Å²) in [7, 11) is 0. The number of imide groups is 1. The van der Waals surface area contributed by atoms with E-state index < -0.39 is 5.25 Å². The van der Waals surface area contributed by atoms with Crippen molar-refractivity contribution >= 4 is 29.3 Å². The standard InChI is InChI=1S/C24H19N3O3S/c1-15-12-16(2)26-23(20(15)14-25)31-21-13-22(28)27(24(21)29)17-8-10-19(11-9-17)30-18-6-4-3-5-7-18/h3-12,21H,13H2,1-2H3. The zero-order valence-electron chi connectivity index (χ0n) is 17.0. The van der Waals surface area contributed by atoms with E-state index in [1.54, 1.807) is 24.3 Å². The predicted molar refractivity (Wildman–Crippen MR) is 118 cm³/mol. The smallest absolute Gasteiger partial charge is 0.247 e. The fourth-order valence-corrected chi connectivity index (χ4v) is 4.64. The topological polar surface area (TPSA) is 83.3 Å². The molecule has 2 amide bonds. The van der Waals surface area contributed by atoms with Gasteiger partial charge in [-0.2, -0.15) is 5.26 Å². The van der Waals surface area contributed by atoms with Gasteiger partial charge < -0.3 is 4.74 Å². The first-order valence-electron chi connectivity index (χ1n) is 9.71. The van der Waals surface area contributed by atoms with Crippen LogP contribution in [0.3, 0.4) is 0 Å². The molecule has 1 atom stereocenters. The lowest BCUT2D eigenvalue weighted by molar-refractivity contribution is -0.121. The van der Waals surface area contributed by atoms with Gasteiger partial charge in [0.2, 0.25) is 11.8 Å². The summed E-state index contributed by atoms with van der Waals surface area (Å²) >= 11 is 1.18. The van der Waals surface area contributed by atoms with Gasteiger partial charge in [0, 0.05) is 12.1 Å². The first kappa shape index (κ1) is 20.6. The number of hydrogen-bond acceptors (Lipinski definition) is 6. The van der Waals surface area contributed by atoms with Crippen LogP contribution in [0.1, 0.15) is 23.2 Å². The molecule has 154 valence electrons. The van der Waals surface area contributed by atoms with E-state index in [1.165, 1.54) is 16.7 Å². The van der Waals surface area contributed by atoms with Gasteiger partial charge in [-0.3, -0.25) is 9.59 Å². The molecule has 0 N–H and O–H groups in total. The highest BCUT2D eigenvalue weighted by atomic mass is 32.2. The monoisotopic (exact) mass is 429 g/mol. The van der Waals surface area contributed by atoms with Gasteiger partial charge in [0.15, 0.2) is 0 Å². The molecule has 0 saturated carbocycles. The first-order chi connectivity index (χ1) is 15.0. The van der Waals surface area contributed by atoms with Crippen molar-refractivity contribution in [1.82, 2.24) is 4.98 Å². The Hall–Kier alpha value is -3.63. The predicted octanol–water partition coefficient (Wildman–Crippen LogP) is 4.79. The number of hydrogen-bond donors (Lipinski definition) is 0. The zero-order valence-corrected chi connectivity index (χ0v) is 17.8. The molecule has 3 aromatic rings. The van der Waals surface area contributed by atoms with Crippen LogP contribution >= 0.6 is 11.8 Å². The lowest BCUT2D eigenvalue weighted by Gasteiger charge is -2.16. The summed E-state index contributed by atoms with van der Waals surface area (Å²) in [4.78, 5) is 31.2.